The van der Waals surface area contributed by atoms with Crippen LogP contribution in [0.4, 0.5) is 0 Å². The quantitative estimate of drug-likeness (QED) is 0.657. The zero-order valence-corrected chi connectivity index (χ0v) is 17.2. The number of hydrogen-bond donors (Lipinski definition) is 2. The fourth-order valence-electron chi connectivity index (χ4n) is 3.70. The minimum absolute atomic E-state index is 0.0725. The molecule has 0 aliphatic carbocycles. The summed E-state index contributed by atoms with van der Waals surface area (Å²) in [4.78, 5) is 29.1. The van der Waals surface area contributed by atoms with Crippen molar-refractivity contribution in [2.45, 2.75) is 12.6 Å². The number of aliphatic hydroxyl groups excluding tert-OH is 1. The first-order valence-corrected chi connectivity index (χ1v) is 10.0. The summed E-state index contributed by atoms with van der Waals surface area (Å²) in [6.45, 7) is 0.537. The normalized spacial score (nSPS) is 16.8. The van der Waals surface area contributed by atoms with Crippen molar-refractivity contribution in [3.63, 3.8) is 0 Å². The molecule has 1 aliphatic rings. The second-order valence-corrected chi connectivity index (χ2v) is 7.49. The summed E-state index contributed by atoms with van der Waals surface area (Å²) in [6.07, 6.45) is 0.612. The Balaban J connectivity index is 1.53. The molecule has 8 heteroatoms. The highest BCUT2D eigenvalue weighted by molar-refractivity contribution is 6.01. The third-order valence-corrected chi connectivity index (χ3v) is 5.29. The third kappa shape index (κ3) is 4.59. The number of amides is 2. The number of nitrogens with one attached hydrogen (secondary N) is 1. The van der Waals surface area contributed by atoms with E-state index in [4.69, 9.17) is 4.74 Å². The van der Waals surface area contributed by atoms with Gasteiger partial charge in [0.2, 0.25) is 5.91 Å². The molecule has 4 rings (SSSR count). The number of hydrogen-bond acceptors (Lipinski definition) is 5. The summed E-state index contributed by atoms with van der Waals surface area (Å²) in [5.74, 6) is 0.146. The Kier molecular flexibility index (Phi) is 5.99. The van der Waals surface area contributed by atoms with Gasteiger partial charge in [0.15, 0.2) is 0 Å². The van der Waals surface area contributed by atoms with E-state index >= 15 is 0 Å². The van der Waals surface area contributed by atoms with Crippen LogP contribution in [0, 0.1) is 0 Å². The highest BCUT2D eigenvalue weighted by atomic mass is 16.5. The van der Waals surface area contributed by atoms with Crippen molar-refractivity contribution in [1.29, 1.82) is 0 Å². The Labute approximate surface area is 180 Å². The molecule has 8 nitrogen and oxygen atoms in total. The monoisotopic (exact) mass is 420 g/mol. The van der Waals surface area contributed by atoms with Crippen LogP contribution in [-0.4, -0.2) is 69.8 Å². The summed E-state index contributed by atoms with van der Waals surface area (Å²) in [5, 5.41) is 17.4. The number of rotatable bonds is 5. The van der Waals surface area contributed by atoms with Crippen LogP contribution in [-0.2, 0) is 11.3 Å². The number of methoxy groups -OCH3 is 1. The van der Waals surface area contributed by atoms with Crippen LogP contribution in [0.1, 0.15) is 15.9 Å². The molecule has 0 radical (unpaired) electrons. The number of nitrogens with zero attached hydrogens (tertiary/aromatic N) is 3. The molecule has 1 saturated heterocycles. The third-order valence-electron chi connectivity index (χ3n) is 5.29. The van der Waals surface area contributed by atoms with Gasteiger partial charge in [0, 0.05) is 25.2 Å². The molecule has 2 N–H and O–H groups in total. The molecule has 0 saturated carbocycles. The second kappa shape index (κ2) is 9.01. The van der Waals surface area contributed by atoms with E-state index < -0.39 is 6.10 Å². The summed E-state index contributed by atoms with van der Waals surface area (Å²) in [7, 11) is 1.59. The van der Waals surface area contributed by atoms with Crippen molar-refractivity contribution in [1.82, 2.24) is 20.0 Å². The zero-order chi connectivity index (χ0) is 21.8. The first-order chi connectivity index (χ1) is 15.0. The topological polar surface area (TPSA) is 98.8 Å². The minimum atomic E-state index is -0.838. The van der Waals surface area contributed by atoms with Crippen LogP contribution in [0.5, 0.6) is 5.75 Å². The fourth-order valence-corrected chi connectivity index (χ4v) is 3.70. The van der Waals surface area contributed by atoms with Gasteiger partial charge in [0.1, 0.15) is 12.3 Å². The van der Waals surface area contributed by atoms with Gasteiger partial charge in [-0.2, -0.15) is 5.10 Å². The largest absolute Gasteiger partial charge is 0.497 e. The van der Waals surface area contributed by atoms with Gasteiger partial charge >= 0.3 is 0 Å². The molecule has 1 atom stereocenters. The molecule has 3 aromatic rings. The number of ether oxygens (including phenoxy) is 1. The van der Waals surface area contributed by atoms with E-state index in [1.54, 1.807) is 24.1 Å². The summed E-state index contributed by atoms with van der Waals surface area (Å²) in [6, 6.07) is 16.8. The first kappa shape index (κ1) is 20.6. The molecule has 2 heterocycles. The zero-order valence-electron chi connectivity index (χ0n) is 17.2. The summed E-state index contributed by atoms with van der Waals surface area (Å²) < 4.78 is 5.18. The van der Waals surface area contributed by atoms with Gasteiger partial charge < -0.3 is 19.6 Å². The maximum atomic E-state index is 13.2. The number of benzene rings is 2. The van der Waals surface area contributed by atoms with Crippen LogP contribution in [0.3, 0.4) is 0 Å². The number of carbonyl (C=O) groups excluding carboxylic acids is 2. The Morgan fingerprint density at radius 1 is 1.16 bits per heavy atom. The smallest absolute Gasteiger partial charge is 0.258 e. The molecule has 1 aliphatic heterocycles. The van der Waals surface area contributed by atoms with E-state index in [2.05, 4.69) is 10.2 Å². The van der Waals surface area contributed by atoms with Crippen molar-refractivity contribution < 1.29 is 19.4 Å². The van der Waals surface area contributed by atoms with Crippen molar-refractivity contribution in [3.05, 3.63) is 71.9 Å². The number of β-amino-alcohol motifs (C(OH)–C–C–N with tert-alkyl or cyclic N) is 1. The van der Waals surface area contributed by atoms with Gasteiger partial charge in [-0.15, -0.1) is 0 Å². The number of carbonyl (C=O) groups is 2. The van der Waals surface area contributed by atoms with Crippen LogP contribution in [0.2, 0.25) is 0 Å². The lowest BCUT2D eigenvalue weighted by atomic mass is 10.1. The first-order valence-electron chi connectivity index (χ1n) is 10.0. The number of aromatic amines is 1. The predicted molar refractivity (Wildman–Crippen MR) is 114 cm³/mol. The molecule has 0 bridgehead atoms. The van der Waals surface area contributed by atoms with Crippen molar-refractivity contribution in [2.24, 2.45) is 0 Å². The van der Waals surface area contributed by atoms with E-state index in [0.717, 1.165) is 11.1 Å². The minimum Gasteiger partial charge on any atom is -0.497 e. The van der Waals surface area contributed by atoms with E-state index in [1.807, 2.05) is 42.5 Å². The van der Waals surface area contributed by atoms with Crippen LogP contribution in [0.25, 0.3) is 11.3 Å². The van der Waals surface area contributed by atoms with Gasteiger partial charge in [0.05, 0.1) is 30.7 Å². The van der Waals surface area contributed by atoms with Gasteiger partial charge in [-0.25, -0.2) is 0 Å². The van der Waals surface area contributed by atoms with E-state index in [9.17, 15) is 14.7 Å². The van der Waals surface area contributed by atoms with Gasteiger partial charge in [-0.05, 0) is 29.8 Å². The van der Waals surface area contributed by atoms with Crippen molar-refractivity contribution in [2.75, 3.05) is 26.7 Å². The second-order valence-electron chi connectivity index (χ2n) is 7.49. The molecule has 31 heavy (non-hydrogen) atoms. The lowest BCUT2D eigenvalue weighted by Gasteiger charge is -2.22. The number of aliphatic hydroxyl groups is 1. The van der Waals surface area contributed by atoms with Crippen molar-refractivity contribution >= 4 is 11.8 Å². The molecular formula is C23H24N4O4. The van der Waals surface area contributed by atoms with Crippen molar-refractivity contribution in [3.8, 4) is 17.0 Å². The SMILES string of the molecule is COc1ccc(-c2[nH]ncc2C(=O)N2CC(=O)N(Cc3ccccc3)CC(O)C2)cc1. The number of aromatic nitrogens is 2. The van der Waals surface area contributed by atoms with Gasteiger partial charge in [-0.3, -0.25) is 14.7 Å². The van der Waals surface area contributed by atoms with Gasteiger partial charge in [0.25, 0.3) is 5.91 Å². The van der Waals surface area contributed by atoms with Crippen LogP contribution in [0.15, 0.2) is 60.8 Å². The van der Waals surface area contributed by atoms with Gasteiger partial charge in [-0.1, -0.05) is 30.3 Å². The lowest BCUT2D eigenvalue weighted by Crippen LogP contribution is -2.39. The molecule has 0 spiro atoms. The summed E-state index contributed by atoms with van der Waals surface area (Å²) in [5.41, 5.74) is 2.65. The standard InChI is InChI=1S/C23H24N4O4/c1-31-19-9-7-17(8-10-19)22-20(11-24-25-22)23(30)27-14-18(28)13-26(21(29)15-27)12-16-5-3-2-4-6-16/h2-11,18,28H,12-15H2,1H3,(H,24,25). The number of H-pyrrole nitrogens is 1. The molecule has 1 aromatic heterocycles. The summed E-state index contributed by atoms with van der Waals surface area (Å²) >= 11 is 0. The molecule has 1 unspecified atom stereocenters. The Morgan fingerprint density at radius 2 is 1.90 bits per heavy atom. The maximum absolute atomic E-state index is 13.2. The van der Waals surface area contributed by atoms with E-state index in [0.29, 0.717) is 23.6 Å². The van der Waals surface area contributed by atoms with E-state index in [1.165, 1.54) is 11.1 Å². The molecular weight excluding hydrogens is 396 g/mol. The predicted octanol–water partition coefficient (Wildman–Crippen LogP) is 1.93. The van der Waals surface area contributed by atoms with Crippen LogP contribution < -0.4 is 4.74 Å². The van der Waals surface area contributed by atoms with E-state index in [-0.39, 0.29) is 31.4 Å². The Hall–Kier alpha value is -3.65. The van der Waals surface area contributed by atoms with Crippen LogP contribution >= 0.6 is 0 Å². The molecule has 1 fully saturated rings. The fraction of sp³-hybridized carbons (Fsp3) is 0.261. The average Bonchev–Trinajstić information content (AvgIpc) is 3.23. The highest BCUT2D eigenvalue weighted by Gasteiger charge is 2.31. The molecule has 2 amide bonds. The maximum Gasteiger partial charge on any atom is 0.258 e. The average molecular weight is 420 g/mol. The Bertz CT molecular complexity index is 1050. The highest BCUT2D eigenvalue weighted by Crippen LogP contribution is 2.25. The lowest BCUT2D eigenvalue weighted by molar-refractivity contribution is -0.131. The molecule has 2 aromatic carbocycles. The Morgan fingerprint density at radius 3 is 2.61 bits per heavy atom. The molecule has 160 valence electrons.